The second-order valence-corrected chi connectivity index (χ2v) is 10.8. The summed E-state index contributed by atoms with van der Waals surface area (Å²) in [6, 6.07) is 36.8. The molecule has 0 bridgehead atoms. The molecule has 0 saturated carbocycles. The summed E-state index contributed by atoms with van der Waals surface area (Å²) in [4.78, 5) is 5.29. The van der Waals surface area contributed by atoms with Gasteiger partial charge in [0.1, 0.15) is 0 Å². The van der Waals surface area contributed by atoms with Crippen molar-refractivity contribution in [3.63, 3.8) is 0 Å². The molecule has 0 N–H and O–H groups in total. The Labute approximate surface area is 209 Å². The van der Waals surface area contributed by atoms with E-state index in [1.807, 2.05) is 11.3 Å². The lowest BCUT2D eigenvalue weighted by Crippen LogP contribution is -1.93. The van der Waals surface area contributed by atoms with Crippen LogP contribution in [0, 0.1) is 0 Å². The van der Waals surface area contributed by atoms with Crippen molar-refractivity contribution in [1.29, 1.82) is 0 Å². The Balaban J connectivity index is 1.57. The van der Waals surface area contributed by atoms with E-state index in [0.29, 0.717) is 0 Å². The van der Waals surface area contributed by atoms with Crippen LogP contribution < -0.4 is 0 Å². The predicted molar refractivity (Wildman–Crippen MR) is 152 cm³/mol. The number of pyridine rings is 1. The minimum absolute atomic E-state index is 1.01. The summed E-state index contributed by atoms with van der Waals surface area (Å²) in [5, 5.41) is 7.42. The number of hydrogen-bond donors (Lipinski definition) is 0. The van der Waals surface area contributed by atoms with E-state index < -0.39 is 0 Å². The maximum atomic E-state index is 5.29. The van der Waals surface area contributed by atoms with Crippen LogP contribution in [0.4, 0.5) is 0 Å². The van der Waals surface area contributed by atoms with E-state index in [4.69, 9.17) is 4.98 Å². The molecule has 0 aliphatic rings. The molecule has 4 aromatic carbocycles. The van der Waals surface area contributed by atoms with E-state index in [0.717, 1.165) is 22.3 Å². The fraction of sp³-hybridized carbons (Fsp3) is 0. The van der Waals surface area contributed by atoms with Crippen LogP contribution in [0.3, 0.4) is 0 Å². The van der Waals surface area contributed by atoms with Gasteiger partial charge in [-0.1, -0.05) is 72.8 Å². The van der Waals surface area contributed by atoms with Crippen LogP contribution in [0.15, 0.2) is 109 Å². The van der Waals surface area contributed by atoms with Crippen LogP contribution in [0.1, 0.15) is 0 Å². The average Bonchev–Trinajstić information content (AvgIpc) is 3.60. The van der Waals surface area contributed by atoms with Crippen molar-refractivity contribution < 1.29 is 0 Å². The van der Waals surface area contributed by atoms with E-state index >= 15 is 0 Å². The summed E-state index contributed by atoms with van der Waals surface area (Å²) < 4.78 is 6.34. The average molecular weight is 483 g/mol. The quantitative estimate of drug-likeness (QED) is 0.240. The topological polar surface area (TPSA) is 17.8 Å². The summed E-state index contributed by atoms with van der Waals surface area (Å²) in [7, 11) is 0. The first kappa shape index (κ1) is 19.3. The molecule has 8 rings (SSSR count). The molecule has 0 aliphatic heterocycles. The highest BCUT2D eigenvalue weighted by Gasteiger charge is 2.20. The van der Waals surface area contributed by atoms with Gasteiger partial charge in [-0.25, -0.2) is 4.98 Å². The van der Waals surface area contributed by atoms with Crippen molar-refractivity contribution in [3.05, 3.63) is 109 Å². The van der Waals surface area contributed by atoms with Crippen molar-refractivity contribution in [2.45, 2.75) is 0 Å². The molecule has 4 heterocycles. The zero-order valence-corrected chi connectivity index (χ0v) is 20.2. The van der Waals surface area contributed by atoms with Gasteiger partial charge in [0, 0.05) is 46.6 Å². The molecule has 0 spiro atoms. The molecule has 4 heteroatoms. The zero-order chi connectivity index (χ0) is 22.9. The van der Waals surface area contributed by atoms with Crippen molar-refractivity contribution in [1.82, 2.24) is 9.55 Å². The summed E-state index contributed by atoms with van der Waals surface area (Å²) in [6.07, 6.45) is 0. The minimum Gasteiger partial charge on any atom is -0.306 e. The first-order valence-corrected chi connectivity index (χ1v) is 13.3. The SMILES string of the molecule is c1ccc(-c2ccc3c(n2)c2c4sc5ccccc5c4ccc2n3-c2csc3ccccc23)cc1. The number of rotatable bonds is 2. The molecule has 4 aromatic heterocycles. The van der Waals surface area contributed by atoms with Gasteiger partial charge in [-0.3, -0.25) is 0 Å². The predicted octanol–water partition coefficient (Wildman–Crippen LogP) is 9.43. The number of aromatic nitrogens is 2. The standard InChI is InChI=1S/C31H18N2S2/c1-2-8-19(9-3-1)23-15-17-25-30(32-23)29-24(33(25)26-18-34-27-12-6-5-11-22(26)27)16-14-21-20-10-4-7-13-28(20)35-31(21)29/h1-18H. The van der Waals surface area contributed by atoms with Gasteiger partial charge in [0.2, 0.25) is 0 Å². The molecule has 35 heavy (non-hydrogen) atoms. The molecule has 2 nitrogen and oxygen atoms in total. The third kappa shape index (κ3) is 2.72. The first-order valence-electron chi connectivity index (χ1n) is 11.6. The fourth-order valence-electron chi connectivity index (χ4n) is 5.31. The van der Waals surface area contributed by atoms with E-state index in [1.165, 1.54) is 46.8 Å². The van der Waals surface area contributed by atoms with E-state index in [2.05, 4.69) is 113 Å². The highest BCUT2D eigenvalue weighted by atomic mass is 32.1. The van der Waals surface area contributed by atoms with Gasteiger partial charge in [-0.05, 0) is 30.3 Å². The lowest BCUT2D eigenvalue weighted by atomic mass is 10.1. The van der Waals surface area contributed by atoms with Gasteiger partial charge in [-0.15, -0.1) is 22.7 Å². The van der Waals surface area contributed by atoms with Gasteiger partial charge in [0.15, 0.2) is 0 Å². The number of nitrogens with zero attached hydrogens (tertiary/aromatic N) is 2. The maximum absolute atomic E-state index is 5.29. The van der Waals surface area contributed by atoms with Crippen LogP contribution in [0.25, 0.3) is 69.1 Å². The molecular weight excluding hydrogens is 464 g/mol. The third-order valence-electron chi connectivity index (χ3n) is 6.89. The third-order valence-corrected chi connectivity index (χ3v) is 9.04. The molecule has 0 fully saturated rings. The van der Waals surface area contributed by atoms with Crippen molar-refractivity contribution in [3.8, 4) is 16.9 Å². The Bertz CT molecular complexity index is 2060. The Morgan fingerprint density at radius 1 is 0.600 bits per heavy atom. The van der Waals surface area contributed by atoms with Crippen LogP contribution in [-0.2, 0) is 0 Å². The lowest BCUT2D eigenvalue weighted by molar-refractivity contribution is 1.20. The van der Waals surface area contributed by atoms with Gasteiger partial charge in [0.05, 0.1) is 27.9 Å². The molecular formula is C31H18N2S2. The Morgan fingerprint density at radius 2 is 1.34 bits per heavy atom. The van der Waals surface area contributed by atoms with Gasteiger partial charge in [0.25, 0.3) is 0 Å². The molecule has 0 unspecified atom stereocenters. The largest absolute Gasteiger partial charge is 0.306 e. The Kier molecular flexibility index (Phi) is 4.01. The molecule has 8 aromatic rings. The summed E-state index contributed by atoms with van der Waals surface area (Å²) in [5.41, 5.74) is 6.79. The molecule has 0 radical (unpaired) electrons. The van der Waals surface area contributed by atoms with Crippen LogP contribution >= 0.6 is 22.7 Å². The lowest BCUT2D eigenvalue weighted by Gasteiger charge is -2.07. The fourth-order valence-corrected chi connectivity index (χ4v) is 7.48. The van der Waals surface area contributed by atoms with Crippen LogP contribution in [0.5, 0.6) is 0 Å². The smallest absolute Gasteiger partial charge is 0.0985 e. The highest BCUT2D eigenvalue weighted by Crippen LogP contribution is 2.44. The van der Waals surface area contributed by atoms with Crippen molar-refractivity contribution in [2.24, 2.45) is 0 Å². The van der Waals surface area contributed by atoms with E-state index in [9.17, 15) is 0 Å². The zero-order valence-electron chi connectivity index (χ0n) is 18.6. The van der Waals surface area contributed by atoms with Gasteiger partial charge in [-0.2, -0.15) is 0 Å². The maximum Gasteiger partial charge on any atom is 0.0985 e. The number of fused-ring (bicyclic) bond motifs is 8. The van der Waals surface area contributed by atoms with E-state index in [1.54, 1.807) is 11.3 Å². The normalized spacial score (nSPS) is 12.0. The number of thiophene rings is 2. The summed E-state index contributed by atoms with van der Waals surface area (Å²) in [6.45, 7) is 0. The summed E-state index contributed by atoms with van der Waals surface area (Å²) >= 11 is 3.67. The molecule has 0 amide bonds. The molecule has 0 aliphatic carbocycles. The highest BCUT2D eigenvalue weighted by molar-refractivity contribution is 7.26. The number of benzene rings is 4. The minimum atomic E-state index is 1.01. The second kappa shape index (κ2) is 7.25. The molecule has 0 saturated heterocycles. The first-order chi connectivity index (χ1) is 17.4. The Morgan fingerprint density at radius 3 is 2.23 bits per heavy atom. The van der Waals surface area contributed by atoms with Gasteiger partial charge >= 0.3 is 0 Å². The second-order valence-electron chi connectivity index (χ2n) is 8.82. The van der Waals surface area contributed by atoms with Gasteiger partial charge < -0.3 is 4.57 Å². The van der Waals surface area contributed by atoms with Crippen LogP contribution in [0.2, 0.25) is 0 Å². The van der Waals surface area contributed by atoms with E-state index in [-0.39, 0.29) is 0 Å². The number of hydrogen-bond acceptors (Lipinski definition) is 3. The Hall–Kier alpha value is -3.99. The van der Waals surface area contributed by atoms with Crippen molar-refractivity contribution in [2.75, 3.05) is 0 Å². The van der Waals surface area contributed by atoms with Crippen LogP contribution in [-0.4, -0.2) is 9.55 Å². The van der Waals surface area contributed by atoms with Crippen molar-refractivity contribution >= 4 is 74.9 Å². The summed E-state index contributed by atoms with van der Waals surface area (Å²) in [5.74, 6) is 0. The monoisotopic (exact) mass is 482 g/mol. The molecule has 0 atom stereocenters. The molecule has 164 valence electrons.